The first kappa shape index (κ1) is 36.4. The van der Waals surface area contributed by atoms with Crippen molar-refractivity contribution in [1.29, 1.82) is 0 Å². The van der Waals surface area contributed by atoms with Crippen molar-refractivity contribution in [3.63, 3.8) is 0 Å². The molecule has 0 saturated heterocycles. The Labute approximate surface area is 270 Å². The van der Waals surface area contributed by atoms with Crippen LogP contribution in [-0.4, -0.2) is 54.7 Å². The highest BCUT2D eigenvalue weighted by atomic mass is 19.3. The fraction of sp³-hybridized carbons (Fsp3) is 0.111. The van der Waals surface area contributed by atoms with Gasteiger partial charge >= 0.3 is 13.2 Å². The van der Waals surface area contributed by atoms with Crippen LogP contribution >= 0.6 is 0 Å². The third kappa shape index (κ3) is 11.1. The monoisotopic (exact) mass is 662 g/mol. The van der Waals surface area contributed by atoms with Crippen LogP contribution < -0.4 is 9.47 Å². The Balaban J connectivity index is 0.000000260. The van der Waals surface area contributed by atoms with Gasteiger partial charge in [-0.3, -0.25) is 19.2 Å². The van der Waals surface area contributed by atoms with Gasteiger partial charge in [0.05, 0.1) is 0 Å². The highest BCUT2D eigenvalue weighted by Crippen LogP contribution is 2.18. The van der Waals surface area contributed by atoms with Gasteiger partial charge in [-0.2, -0.15) is 17.6 Å². The number of alkyl halides is 5. The van der Waals surface area contributed by atoms with Crippen LogP contribution in [0.4, 0.5) is 22.0 Å². The van der Waals surface area contributed by atoms with Gasteiger partial charge in [-0.25, -0.2) is 4.39 Å². The zero-order chi connectivity index (χ0) is 35.1. The fourth-order valence-electron chi connectivity index (χ4n) is 3.85. The summed E-state index contributed by atoms with van der Waals surface area (Å²) in [6.45, 7) is -7.06. The van der Waals surface area contributed by atoms with E-state index in [1.54, 1.807) is 18.2 Å². The molecule has 0 fully saturated rings. The second-order valence-corrected chi connectivity index (χ2v) is 9.18. The number of carbonyl (C=O) groups excluding carboxylic acids is 4. The Kier molecular flexibility index (Phi) is 13.7. The molecular formula is C36H23F5O7. The second-order valence-electron chi connectivity index (χ2n) is 9.18. The van der Waals surface area contributed by atoms with E-state index >= 15 is 0 Å². The van der Waals surface area contributed by atoms with E-state index in [9.17, 15) is 41.1 Å². The molecule has 0 aliphatic heterocycles. The molecule has 0 heterocycles. The molecule has 4 rings (SSSR count). The summed E-state index contributed by atoms with van der Waals surface area (Å²) < 4.78 is 68.7. The van der Waals surface area contributed by atoms with E-state index in [-0.39, 0.29) is 40.4 Å². The number of benzene rings is 4. The summed E-state index contributed by atoms with van der Waals surface area (Å²) in [5.41, 5.74) is 1.27. The number of hydrogen-bond acceptors (Lipinski definition) is 7. The van der Waals surface area contributed by atoms with Gasteiger partial charge in [-0.15, -0.1) is 0 Å². The van der Waals surface area contributed by atoms with Crippen molar-refractivity contribution in [2.24, 2.45) is 0 Å². The minimum Gasteiger partial charge on any atom is -0.435 e. The minimum atomic E-state index is -2.97. The van der Waals surface area contributed by atoms with Gasteiger partial charge in [0.15, 0.2) is 6.67 Å². The topological polar surface area (TPSA) is 107 Å². The highest BCUT2D eigenvalue weighted by molar-refractivity contribution is 6.49. The number of ether oxygens (including phenoxy) is 2. The van der Waals surface area contributed by atoms with Gasteiger partial charge in [-0.1, -0.05) is 47.9 Å². The molecule has 12 heteroatoms. The van der Waals surface area contributed by atoms with Crippen molar-refractivity contribution in [3.05, 3.63) is 130 Å². The van der Waals surface area contributed by atoms with Crippen molar-refractivity contribution < 1.29 is 55.7 Å². The zero-order valence-electron chi connectivity index (χ0n) is 24.6. The molecule has 0 bridgehead atoms. The SMILES string of the molecule is O=C(C(=O)c1cccc(C#CCF)c1)c1ccc(OC(F)F)cc1.O=C(C(=O)c1cccc(C#CCO)c1)c1ccc(OC(F)F)cc1. The molecule has 0 aromatic heterocycles. The molecule has 4 aromatic rings. The van der Waals surface area contributed by atoms with Crippen LogP contribution in [0.25, 0.3) is 0 Å². The molecule has 0 unspecified atom stereocenters. The van der Waals surface area contributed by atoms with Crippen LogP contribution in [0.15, 0.2) is 97.1 Å². The number of carbonyl (C=O) groups is 4. The molecular weight excluding hydrogens is 639 g/mol. The summed E-state index contributed by atoms with van der Waals surface area (Å²) in [6.07, 6.45) is 0. The summed E-state index contributed by atoms with van der Waals surface area (Å²) in [7, 11) is 0. The largest absolute Gasteiger partial charge is 0.435 e. The van der Waals surface area contributed by atoms with Crippen molar-refractivity contribution in [2.45, 2.75) is 13.2 Å². The smallest absolute Gasteiger partial charge is 0.387 e. The predicted molar refractivity (Wildman–Crippen MR) is 163 cm³/mol. The Bertz CT molecular complexity index is 1740. The summed E-state index contributed by atoms with van der Waals surface area (Å²) in [5.74, 6) is 6.53. The summed E-state index contributed by atoms with van der Waals surface area (Å²) in [6, 6.07) is 21.7. The van der Waals surface area contributed by atoms with Crippen LogP contribution in [0.2, 0.25) is 0 Å². The van der Waals surface area contributed by atoms with Gasteiger partial charge in [0.25, 0.3) is 0 Å². The van der Waals surface area contributed by atoms with Gasteiger partial charge in [-0.05, 0) is 72.8 Å². The Morgan fingerprint density at radius 3 is 1.29 bits per heavy atom. The number of aliphatic hydroxyl groups is 1. The average Bonchev–Trinajstić information content (AvgIpc) is 3.09. The Morgan fingerprint density at radius 1 is 0.562 bits per heavy atom. The van der Waals surface area contributed by atoms with Gasteiger partial charge in [0.1, 0.15) is 18.1 Å². The van der Waals surface area contributed by atoms with E-state index in [1.165, 1.54) is 78.9 Å². The average molecular weight is 663 g/mol. The van der Waals surface area contributed by atoms with E-state index in [0.29, 0.717) is 11.1 Å². The maximum absolute atomic E-state index is 12.2. The lowest BCUT2D eigenvalue weighted by molar-refractivity contribution is -0.0505. The molecule has 0 spiro atoms. The zero-order valence-corrected chi connectivity index (χ0v) is 24.6. The van der Waals surface area contributed by atoms with Crippen molar-refractivity contribution in [3.8, 4) is 35.2 Å². The number of ketones is 4. The van der Waals surface area contributed by atoms with Crippen LogP contribution in [-0.2, 0) is 0 Å². The van der Waals surface area contributed by atoms with E-state index < -0.39 is 43.0 Å². The third-order valence-corrected chi connectivity index (χ3v) is 5.96. The lowest BCUT2D eigenvalue weighted by atomic mass is 10.00. The molecule has 0 aliphatic rings. The minimum absolute atomic E-state index is 0.0434. The molecule has 4 aromatic carbocycles. The molecule has 0 radical (unpaired) electrons. The Morgan fingerprint density at radius 2 is 0.938 bits per heavy atom. The van der Waals surface area contributed by atoms with E-state index in [1.807, 2.05) is 0 Å². The second kappa shape index (κ2) is 18.1. The first-order chi connectivity index (χ1) is 23.0. The number of aliphatic hydroxyl groups excluding tert-OH is 1. The normalized spacial score (nSPS) is 10.0. The molecule has 1 N–H and O–H groups in total. The summed E-state index contributed by atoms with van der Waals surface area (Å²) in [4.78, 5) is 48.8. The maximum atomic E-state index is 12.2. The summed E-state index contributed by atoms with van der Waals surface area (Å²) >= 11 is 0. The first-order valence-corrected chi connectivity index (χ1v) is 13.6. The highest BCUT2D eigenvalue weighted by Gasteiger charge is 2.20. The number of hydrogen-bond donors (Lipinski definition) is 1. The van der Waals surface area contributed by atoms with Gasteiger partial charge in [0, 0.05) is 33.4 Å². The van der Waals surface area contributed by atoms with Crippen LogP contribution in [0.5, 0.6) is 11.5 Å². The van der Waals surface area contributed by atoms with Crippen molar-refractivity contribution in [1.82, 2.24) is 0 Å². The molecule has 0 amide bonds. The predicted octanol–water partition coefficient (Wildman–Crippen LogP) is 6.37. The van der Waals surface area contributed by atoms with Crippen LogP contribution in [0.3, 0.4) is 0 Å². The van der Waals surface area contributed by atoms with E-state index in [0.717, 1.165) is 0 Å². The third-order valence-electron chi connectivity index (χ3n) is 5.96. The van der Waals surface area contributed by atoms with Crippen LogP contribution in [0.1, 0.15) is 52.6 Å². The standard InChI is InChI=1S/C18H11F3O3.C18H12F2O4/c19-10-2-4-12-3-1-5-14(11-12)17(23)16(22)13-6-8-15(9-7-13)24-18(20)21;19-18(20)24-15-8-6-13(7-9-15)16(22)17(23)14-5-1-3-12(11-14)4-2-10-21/h1,3,5-9,11,18H,10H2;1,3,5-9,11,18,21H,10H2. The number of rotatable bonds is 10. The lowest BCUT2D eigenvalue weighted by Gasteiger charge is -2.05. The van der Waals surface area contributed by atoms with Crippen molar-refractivity contribution in [2.75, 3.05) is 13.3 Å². The molecule has 0 aliphatic carbocycles. The van der Waals surface area contributed by atoms with Gasteiger partial charge < -0.3 is 14.6 Å². The summed E-state index contributed by atoms with van der Waals surface area (Å²) in [5, 5.41) is 8.67. The van der Waals surface area contributed by atoms with Crippen molar-refractivity contribution >= 4 is 23.1 Å². The molecule has 244 valence electrons. The molecule has 0 atom stereocenters. The number of halogens is 5. The van der Waals surface area contributed by atoms with Crippen LogP contribution in [0, 0.1) is 23.7 Å². The fourth-order valence-corrected chi connectivity index (χ4v) is 3.85. The van der Waals surface area contributed by atoms with E-state index in [4.69, 9.17) is 5.11 Å². The molecule has 48 heavy (non-hydrogen) atoms. The van der Waals surface area contributed by atoms with E-state index in [2.05, 4.69) is 33.2 Å². The molecule has 7 nitrogen and oxygen atoms in total. The first-order valence-electron chi connectivity index (χ1n) is 13.6. The quantitative estimate of drug-likeness (QED) is 0.0911. The molecule has 0 saturated carbocycles. The number of Topliss-reactive ketones (excluding diaryl/α,β-unsaturated/α-hetero) is 4. The van der Waals surface area contributed by atoms with Gasteiger partial charge in [0.2, 0.25) is 23.1 Å². The maximum Gasteiger partial charge on any atom is 0.387 e. The lowest BCUT2D eigenvalue weighted by Crippen LogP contribution is -2.14. The Hall–Kier alpha value is -6.11.